The highest BCUT2D eigenvalue weighted by molar-refractivity contribution is 5.77. The van der Waals surface area contributed by atoms with Crippen LogP contribution in [0.25, 0.3) is 6.08 Å². The van der Waals surface area contributed by atoms with Crippen LogP contribution in [0.15, 0.2) is 24.3 Å². The molecule has 0 spiro atoms. The smallest absolute Gasteiger partial charge is 0.335 e. The molecule has 8 nitrogen and oxygen atoms in total. The zero-order chi connectivity index (χ0) is 19.5. The summed E-state index contributed by atoms with van der Waals surface area (Å²) in [6.07, 6.45) is -1.25. The van der Waals surface area contributed by atoms with Crippen molar-refractivity contribution in [3.05, 3.63) is 29.8 Å². The molecule has 26 heavy (non-hydrogen) atoms. The third-order valence-corrected chi connectivity index (χ3v) is 4.65. The summed E-state index contributed by atoms with van der Waals surface area (Å²) in [5.74, 6) is -0.479. The minimum Gasteiger partial charge on any atom is -0.493 e. The van der Waals surface area contributed by atoms with Gasteiger partial charge in [-0.1, -0.05) is 18.2 Å². The summed E-state index contributed by atoms with van der Waals surface area (Å²) in [7, 11) is 3.02. The molecule has 1 aromatic rings. The van der Waals surface area contributed by atoms with Crippen molar-refractivity contribution in [1.82, 2.24) is 0 Å². The number of rotatable bonds is 6. The third kappa shape index (κ3) is 3.99. The molecule has 0 heterocycles. The number of hydrogen-bond donors (Lipinski definition) is 5. The van der Waals surface area contributed by atoms with Gasteiger partial charge in [-0.15, -0.1) is 0 Å². The number of aliphatic carboxylic acids is 1. The molecule has 2 unspecified atom stereocenters. The summed E-state index contributed by atoms with van der Waals surface area (Å²) < 4.78 is 10.3. The molecule has 0 aliphatic heterocycles. The maximum atomic E-state index is 11.2. The summed E-state index contributed by atoms with van der Waals surface area (Å²) >= 11 is 0. The van der Waals surface area contributed by atoms with Gasteiger partial charge in [0.1, 0.15) is 6.10 Å². The molecule has 8 heteroatoms. The Balaban J connectivity index is 2.18. The first-order chi connectivity index (χ1) is 12.1. The summed E-state index contributed by atoms with van der Waals surface area (Å²) in [5.41, 5.74) is -3.55. The average Bonchev–Trinajstić information content (AvgIpc) is 2.59. The number of hydrogen-bond acceptors (Lipinski definition) is 7. The number of benzene rings is 1. The summed E-state index contributed by atoms with van der Waals surface area (Å²) in [4.78, 5) is 11.2. The quantitative estimate of drug-likeness (QED) is 0.479. The van der Waals surface area contributed by atoms with Crippen LogP contribution in [0, 0.1) is 0 Å². The van der Waals surface area contributed by atoms with Gasteiger partial charge >= 0.3 is 5.97 Å². The van der Waals surface area contributed by atoms with Crippen molar-refractivity contribution in [3.63, 3.8) is 0 Å². The van der Waals surface area contributed by atoms with Crippen molar-refractivity contribution in [3.8, 4) is 11.5 Å². The van der Waals surface area contributed by atoms with E-state index in [4.69, 9.17) is 14.6 Å². The largest absolute Gasteiger partial charge is 0.493 e. The Hall–Kier alpha value is -2.13. The highest BCUT2D eigenvalue weighted by Gasteiger charge is 2.55. The Kier molecular flexibility index (Phi) is 5.92. The second kappa shape index (κ2) is 7.63. The van der Waals surface area contributed by atoms with Gasteiger partial charge in [0.15, 0.2) is 17.1 Å². The maximum Gasteiger partial charge on any atom is 0.335 e. The second-order valence-corrected chi connectivity index (χ2v) is 6.55. The topological polar surface area (TPSA) is 137 Å². The number of carboxylic acid groups (broad SMARTS) is 1. The first kappa shape index (κ1) is 20.2. The van der Waals surface area contributed by atoms with Crippen molar-refractivity contribution < 1.29 is 39.8 Å². The van der Waals surface area contributed by atoms with Crippen molar-refractivity contribution >= 4 is 12.0 Å². The maximum absolute atomic E-state index is 11.2. The van der Waals surface area contributed by atoms with E-state index in [1.807, 2.05) is 0 Å². The van der Waals surface area contributed by atoms with Gasteiger partial charge in [-0.2, -0.15) is 0 Å². The monoisotopic (exact) mass is 368 g/mol. The Morgan fingerprint density at radius 2 is 1.88 bits per heavy atom. The summed E-state index contributed by atoms with van der Waals surface area (Å²) in [6, 6.07) is 5.16. The molecule has 2 rings (SSSR count). The lowest BCUT2D eigenvalue weighted by atomic mass is 9.70. The van der Waals surface area contributed by atoms with E-state index < -0.39 is 42.2 Å². The molecule has 1 saturated carbocycles. The van der Waals surface area contributed by atoms with Crippen LogP contribution >= 0.6 is 0 Å². The fourth-order valence-electron chi connectivity index (χ4n) is 3.21. The Labute approximate surface area is 150 Å². The predicted molar refractivity (Wildman–Crippen MR) is 92.0 cm³/mol. The molecule has 0 aromatic heterocycles. The molecule has 1 aliphatic rings. The van der Waals surface area contributed by atoms with Gasteiger partial charge in [-0.25, -0.2) is 4.79 Å². The zero-order valence-electron chi connectivity index (χ0n) is 14.6. The molecular formula is C18H24O8. The van der Waals surface area contributed by atoms with Crippen molar-refractivity contribution in [2.24, 2.45) is 0 Å². The van der Waals surface area contributed by atoms with Crippen LogP contribution in [-0.4, -0.2) is 69.1 Å². The highest BCUT2D eigenvalue weighted by Crippen LogP contribution is 2.38. The molecule has 5 N–H and O–H groups in total. The van der Waals surface area contributed by atoms with Crippen LogP contribution in [0.1, 0.15) is 24.8 Å². The number of aliphatic hydroxyl groups is 4. The number of carbonyl (C=O) groups is 1. The van der Waals surface area contributed by atoms with E-state index in [-0.39, 0.29) is 6.42 Å². The van der Waals surface area contributed by atoms with Crippen LogP contribution in [0.2, 0.25) is 0 Å². The predicted octanol–water partition coefficient (Wildman–Crippen LogP) is 0.169. The lowest BCUT2D eigenvalue weighted by Crippen LogP contribution is -2.62. The minimum atomic E-state index is -2.30. The first-order valence-electron chi connectivity index (χ1n) is 8.08. The Bertz CT molecular complexity index is 688. The van der Waals surface area contributed by atoms with E-state index in [1.54, 1.807) is 24.3 Å². The van der Waals surface area contributed by atoms with E-state index in [1.165, 1.54) is 20.3 Å². The van der Waals surface area contributed by atoms with Crippen LogP contribution in [-0.2, 0) is 4.79 Å². The van der Waals surface area contributed by atoms with E-state index in [0.29, 0.717) is 11.5 Å². The minimum absolute atomic E-state index is 0.158. The molecule has 144 valence electrons. The standard InChI is InChI=1S/C18H24O8/c1-25-13-6-5-11(8-14(13)26-2)4-3-7-17(23)10-18(24,16(21)22)9-12(19)15(17)20/h3-6,8,12,15,19-20,23-24H,7,9-10H2,1-2H3,(H,21,22)/b4-3+/t12-,15?,17-,18?/m1/s1. The van der Waals surface area contributed by atoms with E-state index in [9.17, 15) is 25.2 Å². The highest BCUT2D eigenvalue weighted by atomic mass is 16.5. The van der Waals surface area contributed by atoms with Gasteiger partial charge in [0, 0.05) is 12.8 Å². The zero-order valence-corrected chi connectivity index (χ0v) is 14.6. The third-order valence-electron chi connectivity index (χ3n) is 4.65. The van der Waals surface area contributed by atoms with Gasteiger partial charge in [0.05, 0.1) is 25.9 Å². The van der Waals surface area contributed by atoms with E-state index >= 15 is 0 Å². The molecule has 0 radical (unpaired) electrons. The van der Waals surface area contributed by atoms with Crippen molar-refractivity contribution in [2.75, 3.05) is 14.2 Å². The van der Waals surface area contributed by atoms with Gasteiger partial charge in [-0.3, -0.25) is 0 Å². The van der Waals surface area contributed by atoms with Gasteiger partial charge in [0.25, 0.3) is 0 Å². The van der Waals surface area contributed by atoms with Crippen LogP contribution < -0.4 is 9.47 Å². The Morgan fingerprint density at radius 3 is 2.46 bits per heavy atom. The van der Waals surface area contributed by atoms with Gasteiger partial charge < -0.3 is 35.0 Å². The number of methoxy groups -OCH3 is 2. The summed E-state index contributed by atoms with van der Waals surface area (Å²) in [5, 5.41) is 49.8. The lowest BCUT2D eigenvalue weighted by molar-refractivity contribution is -0.214. The number of aliphatic hydroxyl groups excluding tert-OH is 2. The van der Waals surface area contributed by atoms with Gasteiger partial charge in [-0.05, 0) is 24.1 Å². The summed E-state index contributed by atoms with van der Waals surface area (Å²) in [6.45, 7) is 0. The first-order valence-corrected chi connectivity index (χ1v) is 8.08. The number of ether oxygens (including phenoxy) is 2. The Morgan fingerprint density at radius 1 is 1.23 bits per heavy atom. The fourth-order valence-corrected chi connectivity index (χ4v) is 3.21. The second-order valence-electron chi connectivity index (χ2n) is 6.55. The molecule has 1 fully saturated rings. The molecule has 0 saturated heterocycles. The van der Waals surface area contributed by atoms with Gasteiger partial charge in [0.2, 0.25) is 0 Å². The SMILES string of the molecule is COc1ccc(/C=C/C[C@@]2(O)CC(O)(C(=O)O)C[C@@H](O)C2O)cc1OC. The molecule has 4 atom stereocenters. The van der Waals surface area contributed by atoms with E-state index in [0.717, 1.165) is 5.56 Å². The molecule has 1 aliphatic carbocycles. The number of carboxylic acids is 1. The van der Waals surface area contributed by atoms with E-state index in [2.05, 4.69) is 0 Å². The molecule has 0 bridgehead atoms. The lowest BCUT2D eigenvalue weighted by Gasteiger charge is -2.45. The van der Waals surface area contributed by atoms with Crippen molar-refractivity contribution in [1.29, 1.82) is 0 Å². The molecule has 0 amide bonds. The normalized spacial score (nSPS) is 31.8. The molecular weight excluding hydrogens is 344 g/mol. The average molecular weight is 368 g/mol. The van der Waals surface area contributed by atoms with Crippen LogP contribution in [0.4, 0.5) is 0 Å². The van der Waals surface area contributed by atoms with Crippen molar-refractivity contribution in [2.45, 2.75) is 42.7 Å². The fraction of sp³-hybridized carbons (Fsp3) is 0.500. The van der Waals surface area contributed by atoms with Crippen LogP contribution in [0.3, 0.4) is 0 Å². The van der Waals surface area contributed by atoms with Crippen LogP contribution in [0.5, 0.6) is 11.5 Å². The molecule has 1 aromatic carbocycles.